The molecule has 0 saturated heterocycles. The van der Waals surface area contributed by atoms with E-state index < -0.39 is 11.7 Å². The molecule has 28 heavy (non-hydrogen) atoms. The molecule has 0 aliphatic rings. The Balaban J connectivity index is 1.85. The van der Waals surface area contributed by atoms with E-state index in [4.69, 9.17) is 11.6 Å². The summed E-state index contributed by atoms with van der Waals surface area (Å²) in [6.07, 6.45) is -3.14. The standard InChI is InChI=1S/C20H13ClF3N3S/c1-11-16(12-5-3-2-4-6-12)17-18(25-10-26-19(17)28-11)27-13-7-8-15(21)14(9-13)20(22,23)24/h2-10H,1H3,(H,25,26,27). The second-order valence-electron chi connectivity index (χ2n) is 6.12. The van der Waals surface area contributed by atoms with Crippen LogP contribution in [0, 0.1) is 6.92 Å². The highest BCUT2D eigenvalue weighted by Crippen LogP contribution is 2.42. The number of thiophene rings is 1. The van der Waals surface area contributed by atoms with Crippen molar-refractivity contribution in [3.63, 3.8) is 0 Å². The van der Waals surface area contributed by atoms with Gasteiger partial charge in [-0.05, 0) is 30.7 Å². The van der Waals surface area contributed by atoms with Gasteiger partial charge in [-0.25, -0.2) is 9.97 Å². The zero-order valence-corrected chi connectivity index (χ0v) is 16.1. The number of anilines is 2. The molecule has 2 aromatic carbocycles. The van der Waals surface area contributed by atoms with Crippen LogP contribution < -0.4 is 5.32 Å². The fourth-order valence-electron chi connectivity index (χ4n) is 3.05. The van der Waals surface area contributed by atoms with Crippen molar-refractivity contribution in [3.05, 3.63) is 70.3 Å². The van der Waals surface area contributed by atoms with Gasteiger partial charge in [-0.3, -0.25) is 0 Å². The first-order chi connectivity index (χ1) is 13.3. The lowest BCUT2D eigenvalue weighted by Gasteiger charge is -2.13. The summed E-state index contributed by atoms with van der Waals surface area (Å²) >= 11 is 7.23. The fraction of sp³-hybridized carbons (Fsp3) is 0.100. The lowest BCUT2D eigenvalue weighted by molar-refractivity contribution is -0.137. The van der Waals surface area contributed by atoms with Crippen molar-refractivity contribution < 1.29 is 13.2 Å². The second kappa shape index (κ2) is 7.07. The molecule has 142 valence electrons. The third-order valence-corrected chi connectivity index (χ3v) is 5.60. The topological polar surface area (TPSA) is 37.8 Å². The van der Waals surface area contributed by atoms with Gasteiger partial charge in [-0.2, -0.15) is 13.2 Å². The van der Waals surface area contributed by atoms with Crippen molar-refractivity contribution in [2.45, 2.75) is 13.1 Å². The molecular weight excluding hydrogens is 407 g/mol. The molecule has 0 unspecified atom stereocenters. The molecule has 0 radical (unpaired) electrons. The first kappa shape index (κ1) is 18.7. The molecule has 3 nitrogen and oxygen atoms in total. The molecular formula is C20H13ClF3N3S. The summed E-state index contributed by atoms with van der Waals surface area (Å²) in [5.41, 5.74) is 1.32. The average Bonchev–Trinajstić information content (AvgIpc) is 3.00. The summed E-state index contributed by atoms with van der Waals surface area (Å²) in [6.45, 7) is 1.99. The van der Waals surface area contributed by atoms with E-state index in [1.54, 1.807) is 0 Å². The number of alkyl halides is 3. The van der Waals surface area contributed by atoms with Gasteiger partial charge in [-0.15, -0.1) is 11.3 Å². The van der Waals surface area contributed by atoms with Crippen LogP contribution in [-0.2, 0) is 6.18 Å². The first-order valence-electron chi connectivity index (χ1n) is 8.28. The van der Waals surface area contributed by atoms with Gasteiger partial charge in [0.05, 0.1) is 16.0 Å². The summed E-state index contributed by atoms with van der Waals surface area (Å²) in [5, 5.41) is 3.44. The second-order valence-corrected chi connectivity index (χ2v) is 7.73. The van der Waals surface area contributed by atoms with E-state index in [1.807, 2.05) is 37.3 Å². The predicted octanol–water partition coefficient (Wildman–Crippen LogP) is 7.08. The summed E-state index contributed by atoms with van der Waals surface area (Å²) in [6, 6.07) is 13.5. The highest BCUT2D eigenvalue weighted by Gasteiger charge is 2.33. The van der Waals surface area contributed by atoms with Crippen LogP contribution in [0.3, 0.4) is 0 Å². The molecule has 0 aliphatic heterocycles. The van der Waals surface area contributed by atoms with E-state index in [2.05, 4.69) is 15.3 Å². The van der Waals surface area contributed by atoms with Crippen molar-refractivity contribution in [1.29, 1.82) is 0 Å². The maximum Gasteiger partial charge on any atom is 0.417 e. The van der Waals surface area contributed by atoms with Crippen molar-refractivity contribution in [2.24, 2.45) is 0 Å². The minimum atomic E-state index is -4.54. The van der Waals surface area contributed by atoms with Gasteiger partial charge in [0.1, 0.15) is 17.0 Å². The van der Waals surface area contributed by atoms with E-state index in [-0.39, 0.29) is 10.7 Å². The molecule has 0 saturated carbocycles. The van der Waals surface area contributed by atoms with Gasteiger partial charge >= 0.3 is 6.18 Å². The molecule has 0 aliphatic carbocycles. The van der Waals surface area contributed by atoms with Crippen LogP contribution in [0.25, 0.3) is 21.3 Å². The van der Waals surface area contributed by atoms with Crippen LogP contribution in [0.2, 0.25) is 5.02 Å². The minimum absolute atomic E-state index is 0.250. The highest BCUT2D eigenvalue weighted by atomic mass is 35.5. The molecule has 0 spiro atoms. The molecule has 4 rings (SSSR count). The Morgan fingerprint density at radius 2 is 1.79 bits per heavy atom. The van der Waals surface area contributed by atoms with Crippen LogP contribution >= 0.6 is 22.9 Å². The van der Waals surface area contributed by atoms with Crippen LogP contribution in [0.5, 0.6) is 0 Å². The number of aryl methyl sites for hydroxylation is 1. The van der Waals surface area contributed by atoms with Crippen LogP contribution in [0.1, 0.15) is 10.4 Å². The monoisotopic (exact) mass is 419 g/mol. The average molecular weight is 420 g/mol. The predicted molar refractivity (Wildman–Crippen MR) is 107 cm³/mol. The maximum atomic E-state index is 13.2. The summed E-state index contributed by atoms with van der Waals surface area (Å²) < 4.78 is 39.5. The summed E-state index contributed by atoms with van der Waals surface area (Å²) in [4.78, 5) is 10.4. The Bertz CT molecular complexity index is 1160. The van der Waals surface area contributed by atoms with E-state index >= 15 is 0 Å². The van der Waals surface area contributed by atoms with E-state index in [1.165, 1.54) is 29.8 Å². The smallest absolute Gasteiger partial charge is 0.340 e. The number of hydrogen-bond donors (Lipinski definition) is 1. The van der Waals surface area contributed by atoms with E-state index in [0.29, 0.717) is 5.82 Å². The van der Waals surface area contributed by atoms with Crippen molar-refractivity contribution >= 4 is 44.7 Å². The number of nitrogens with one attached hydrogen (secondary N) is 1. The van der Waals surface area contributed by atoms with Gasteiger partial charge in [-0.1, -0.05) is 41.9 Å². The molecule has 0 bridgehead atoms. The van der Waals surface area contributed by atoms with Gasteiger partial charge in [0.2, 0.25) is 0 Å². The fourth-order valence-corrected chi connectivity index (χ4v) is 4.29. The SMILES string of the molecule is Cc1sc2ncnc(Nc3ccc(Cl)c(C(F)(F)F)c3)c2c1-c1ccccc1. The minimum Gasteiger partial charge on any atom is -0.340 e. The Hall–Kier alpha value is -2.64. The molecule has 0 amide bonds. The quantitative estimate of drug-likeness (QED) is 0.385. The number of benzene rings is 2. The molecule has 0 fully saturated rings. The molecule has 0 atom stereocenters. The highest BCUT2D eigenvalue weighted by molar-refractivity contribution is 7.19. The van der Waals surface area contributed by atoms with Crippen molar-refractivity contribution in [2.75, 3.05) is 5.32 Å². The van der Waals surface area contributed by atoms with Crippen LogP contribution in [0.4, 0.5) is 24.7 Å². The number of aromatic nitrogens is 2. The van der Waals surface area contributed by atoms with E-state index in [9.17, 15) is 13.2 Å². The number of hydrogen-bond acceptors (Lipinski definition) is 4. The molecule has 4 aromatic rings. The third kappa shape index (κ3) is 3.43. The normalized spacial score (nSPS) is 11.8. The number of rotatable bonds is 3. The molecule has 8 heteroatoms. The van der Waals surface area contributed by atoms with Crippen LogP contribution in [-0.4, -0.2) is 9.97 Å². The van der Waals surface area contributed by atoms with Gasteiger partial charge in [0, 0.05) is 16.1 Å². The first-order valence-corrected chi connectivity index (χ1v) is 9.47. The van der Waals surface area contributed by atoms with E-state index in [0.717, 1.165) is 32.3 Å². The van der Waals surface area contributed by atoms with Gasteiger partial charge in [0.25, 0.3) is 0 Å². The van der Waals surface area contributed by atoms with Gasteiger partial charge in [0.15, 0.2) is 0 Å². The number of nitrogens with zero attached hydrogens (tertiary/aromatic N) is 2. The van der Waals surface area contributed by atoms with Gasteiger partial charge < -0.3 is 5.32 Å². The number of halogens is 4. The van der Waals surface area contributed by atoms with Crippen molar-refractivity contribution in [1.82, 2.24) is 9.97 Å². The summed E-state index contributed by atoms with van der Waals surface area (Å²) in [5.74, 6) is 0.448. The maximum absolute atomic E-state index is 13.2. The third-order valence-electron chi connectivity index (χ3n) is 4.26. The Morgan fingerprint density at radius 1 is 1.04 bits per heavy atom. The van der Waals surface area contributed by atoms with Crippen molar-refractivity contribution in [3.8, 4) is 11.1 Å². The lowest BCUT2D eigenvalue weighted by Crippen LogP contribution is -2.06. The summed E-state index contributed by atoms with van der Waals surface area (Å²) in [7, 11) is 0. The molecule has 2 heterocycles. The Kier molecular flexibility index (Phi) is 4.72. The Labute approximate surface area is 167 Å². The zero-order chi connectivity index (χ0) is 19.9. The zero-order valence-electron chi connectivity index (χ0n) is 14.5. The van der Waals surface area contributed by atoms with Crippen LogP contribution in [0.15, 0.2) is 54.9 Å². The molecule has 1 N–H and O–H groups in total. The number of fused-ring (bicyclic) bond motifs is 1. The molecule has 2 aromatic heterocycles. The largest absolute Gasteiger partial charge is 0.417 e. The lowest BCUT2D eigenvalue weighted by atomic mass is 10.0. The Morgan fingerprint density at radius 3 is 2.50 bits per heavy atom.